The second kappa shape index (κ2) is 4.98. The summed E-state index contributed by atoms with van der Waals surface area (Å²) in [5.74, 6) is -0.0126. The molecule has 1 aromatic rings. The molecule has 0 amide bonds. The second-order valence-corrected chi connectivity index (χ2v) is 14.2. The Hall–Kier alpha value is 0.906. The van der Waals surface area contributed by atoms with Crippen LogP contribution in [0.25, 0.3) is 5.31 Å². The zero-order chi connectivity index (χ0) is 13.0. The van der Waals surface area contributed by atoms with Crippen molar-refractivity contribution in [1.82, 2.24) is 0 Å². The van der Waals surface area contributed by atoms with Crippen molar-refractivity contribution >= 4 is 63.5 Å². The van der Waals surface area contributed by atoms with Crippen LogP contribution in [0.15, 0.2) is 29.5 Å². The van der Waals surface area contributed by atoms with Gasteiger partial charge in [0.25, 0.3) is 0 Å². The number of benzene rings is 1. The van der Waals surface area contributed by atoms with E-state index >= 15 is 0 Å². The van der Waals surface area contributed by atoms with Crippen LogP contribution in [0, 0.1) is 6.92 Å². The predicted molar refractivity (Wildman–Crippen MR) is 80.8 cm³/mol. The number of allylic oxidation sites excluding steroid dienone is 1. The van der Waals surface area contributed by atoms with E-state index in [0.29, 0.717) is 5.94 Å². The summed E-state index contributed by atoms with van der Waals surface area (Å²) in [6.07, 6.45) is 2.35. The van der Waals surface area contributed by atoms with Crippen LogP contribution in [0.4, 0.5) is 0 Å². The van der Waals surface area contributed by atoms with Crippen molar-refractivity contribution in [3.8, 4) is 0 Å². The first-order valence-corrected chi connectivity index (χ1v) is 14.6. The van der Waals surface area contributed by atoms with E-state index in [4.69, 9.17) is 8.92 Å². The van der Waals surface area contributed by atoms with Gasteiger partial charge in [-0.25, -0.2) is 0 Å². The summed E-state index contributed by atoms with van der Waals surface area (Å²) in [6, 6.07) is 6.68. The van der Waals surface area contributed by atoms with Crippen LogP contribution in [-0.4, -0.2) is 51.0 Å². The normalized spacial score (nSPS) is 28.6. The molecule has 2 nitrogen and oxygen atoms in total. The summed E-state index contributed by atoms with van der Waals surface area (Å²) in [7, 11) is 0. The Bertz CT molecular complexity index is 672. The molecule has 2 aliphatic heterocycles. The molecule has 19 heavy (non-hydrogen) atoms. The van der Waals surface area contributed by atoms with E-state index in [-0.39, 0.29) is 0 Å². The topological polar surface area (TPSA) is 18.5 Å². The van der Waals surface area contributed by atoms with Gasteiger partial charge in [-0.2, -0.15) is 0 Å². The number of aryl methyl sites for hydroxylation is 1. The van der Waals surface area contributed by atoms with Crippen molar-refractivity contribution in [2.24, 2.45) is 0 Å². The van der Waals surface area contributed by atoms with Gasteiger partial charge < -0.3 is 0 Å². The van der Waals surface area contributed by atoms with Crippen LogP contribution in [0.1, 0.15) is 23.6 Å². The third-order valence-corrected chi connectivity index (χ3v) is 13.3. The predicted octanol–water partition coefficient (Wildman–Crippen LogP) is 4.01. The molecule has 0 aromatic heterocycles. The van der Waals surface area contributed by atoms with E-state index in [1.54, 1.807) is 0.828 Å². The molecule has 1 fully saturated rings. The Morgan fingerprint density at radius 2 is 2.26 bits per heavy atom. The third kappa shape index (κ3) is 2.01. The van der Waals surface area contributed by atoms with E-state index in [9.17, 15) is 0 Å². The van der Waals surface area contributed by atoms with Gasteiger partial charge in [0.1, 0.15) is 0 Å². The van der Waals surface area contributed by atoms with Crippen LogP contribution in [0.3, 0.4) is 0 Å². The molecular weight excluding hydrogens is 302 g/mol. The Balaban J connectivity index is 2.03. The van der Waals surface area contributed by atoms with Crippen molar-refractivity contribution in [3.63, 3.8) is 0 Å². The maximum atomic E-state index is 6.06. The summed E-state index contributed by atoms with van der Waals surface area (Å²) >= 11 is 0.549. The van der Waals surface area contributed by atoms with Gasteiger partial charge in [-0.15, -0.1) is 0 Å². The van der Waals surface area contributed by atoms with Crippen molar-refractivity contribution in [2.45, 2.75) is 19.6 Å². The standard InChI is InChI=1S/C14H12O2PS.K/c1-3-4-11-13(17)10-6-5-9(2)7-12(10)14(11)15-8-18-16-14;/h4-7H,8H2,1-2H3;. The molecule has 1 aliphatic carbocycles. The molecular formula is C14H12KO2PS. The quantitative estimate of drug-likeness (QED) is 0.409. The van der Waals surface area contributed by atoms with Gasteiger partial charge in [-0.05, 0) is 0 Å². The number of hydrogen-bond acceptors (Lipinski definition) is 3. The van der Waals surface area contributed by atoms with Gasteiger partial charge in [-0.3, -0.25) is 0 Å². The van der Waals surface area contributed by atoms with E-state index in [0.717, 1.165) is 0 Å². The second-order valence-electron chi connectivity index (χ2n) is 5.56. The minimum atomic E-state index is -0.876. The third-order valence-electron chi connectivity index (χ3n) is 4.00. The Labute approximate surface area is 142 Å². The zero-order valence-corrected chi connectivity index (χ0v) is 16.0. The molecule has 1 saturated heterocycles. The van der Waals surface area contributed by atoms with Crippen LogP contribution in [0.2, 0.25) is 0 Å². The van der Waals surface area contributed by atoms with Gasteiger partial charge in [0.2, 0.25) is 0 Å². The average Bonchev–Trinajstić information content (AvgIpc) is 2.97. The van der Waals surface area contributed by atoms with Gasteiger partial charge in [0, 0.05) is 0 Å². The van der Waals surface area contributed by atoms with Crippen molar-refractivity contribution in [3.05, 3.63) is 46.2 Å². The summed E-state index contributed by atoms with van der Waals surface area (Å²) in [4.78, 5) is 0. The minimum absolute atomic E-state index is 0.609. The number of fused-ring (bicyclic) bond motifs is 4. The molecule has 3 aliphatic rings. The van der Waals surface area contributed by atoms with Crippen molar-refractivity contribution < 1.29 is 8.92 Å². The fourth-order valence-electron chi connectivity index (χ4n) is 3.11. The first-order valence-electron chi connectivity index (χ1n) is 6.64. The van der Waals surface area contributed by atoms with Gasteiger partial charge in [-0.1, -0.05) is 0 Å². The summed E-state index contributed by atoms with van der Waals surface area (Å²) < 4.78 is 15.3. The fraction of sp³-hybridized carbons (Fsp3) is 0.286. The SMILES string of the molecule is C[C]1=CC2=C([P]=[K]1)c1ccc(C)cc1C21OCSO1. The van der Waals surface area contributed by atoms with Crippen molar-refractivity contribution in [2.75, 3.05) is 5.94 Å². The number of ether oxygens (including phenoxy) is 1. The molecule has 92 valence electrons. The van der Waals surface area contributed by atoms with Crippen LogP contribution < -0.4 is 0 Å². The van der Waals surface area contributed by atoms with E-state index in [1.807, 2.05) is 0 Å². The fourth-order valence-corrected chi connectivity index (χ4v) is 11.4. The molecule has 0 saturated carbocycles. The van der Waals surface area contributed by atoms with E-state index in [1.165, 1.54) is 39.6 Å². The number of hydrogen-bond donors (Lipinski definition) is 0. The summed E-state index contributed by atoms with van der Waals surface area (Å²) in [5, 5.41) is 1.48. The first kappa shape index (κ1) is 13.6. The Morgan fingerprint density at radius 3 is 3.05 bits per heavy atom. The first-order chi connectivity index (χ1) is 9.21. The summed E-state index contributed by atoms with van der Waals surface area (Å²) in [5.41, 5.74) is 5.10. The number of rotatable bonds is 0. The van der Waals surface area contributed by atoms with Crippen LogP contribution in [-0.2, 0) is 14.7 Å². The van der Waals surface area contributed by atoms with Crippen LogP contribution in [0.5, 0.6) is 0 Å². The molecule has 1 atom stereocenters. The molecule has 0 bridgehead atoms. The van der Waals surface area contributed by atoms with Crippen molar-refractivity contribution in [1.29, 1.82) is 0 Å². The van der Waals surface area contributed by atoms with E-state index in [2.05, 4.69) is 38.1 Å². The molecule has 5 heteroatoms. The molecule has 1 aromatic carbocycles. The molecule has 0 N–H and O–H groups in total. The van der Waals surface area contributed by atoms with Crippen LogP contribution >= 0.6 is 13.2 Å². The Morgan fingerprint density at radius 1 is 1.37 bits per heavy atom. The summed E-state index contributed by atoms with van der Waals surface area (Å²) in [6.45, 7) is 4.41. The zero-order valence-electron chi connectivity index (χ0n) is 11.2. The van der Waals surface area contributed by atoms with E-state index < -0.39 is 50.8 Å². The molecule has 1 spiro atoms. The monoisotopic (exact) mass is 314 g/mol. The van der Waals surface area contributed by atoms with Gasteiger partial charge in [0.15, 0.2) is 0 Å². The molecule has 2 heterocycles. The van der Waals surface area contributed by atoms with Gasteiger partial charge in [0.05, 0.1) is 0 Å². The molecule has 4 rings (SSSR count). The van der Waals surface area contributed by atoms with Gasteiger partial charge >= 0.3 is 144 Å². The molecule has 4 radical (unpaired) electrons. The average molecular weight is 314 g/mol. The Kier molecular flexibility index (Phi) is 3.55. The molecule has 1 unspecified atom stereocenters. The maximum absolute atomic E-state index is 6.06.